The fraction of sp³-hybridized carbons (Fsp3) is 0.193. The fourth-order valence-electron chi connectivity index (χ4n) is 9.25. The minimum Gasteiger partial charge on any atom is -0.507 e. The van der Waals surface area contributed by atoms with Crippen LogP contribution in [0.25, 0.3) is 94.3 Å². The molecule has 0 spiro atoms. The Balaban J connectivity index is 1.24. The van der Waals surface area contributed by atoms with Gasteiger partial charge in [0.2, 0.25) is 0 Å². The van der Waals surface area contributed by atoms with E-state index in [1.807, 2.05) is 24.3 Å². The van der Waals surface area contributed by atoms with Crippen LogP contribution in [-0.4, -0.2) is 27.7 Å². The molecule has 0 atom stereocenters. The molecule has 0 unspecified atom stereocenters. The Bertz CT molecular complexity index is 3330. The maximum absolute atomic E-state index is 12.1. The van der Waals surface area contributed by atoms with Crippen LogP contribution in [-0.2, 0) is 12.8 Å². The van der Waals surface area contributed by atoms with Crippen molar-refractivity contribution in [3.05, 3.63) is 163 Å². The number of phenols is 1. The number of hydrogen-bond donors (Lipinski definition) is 1. The Kier molecular flexibility index (Phi) is 10.1. The van der Waals surface area contributed by atoms with Gasteiger partial charge in [-0.25, -0.2) is 4.98 Å². The molecule has 7 aromatic carbocycles. The van der Waals surface area contributed by atoms with Crippen LogP contribution in [0.15, 0.2) is 156 Å². The van der Waals surface area contributed by atoms with Gasteiger partial charge in [-0.2, -0.15) is 0 Å². The zero-order valence-electron chi connectivity index (χ0n) is 37.2. The van der Waals surface area contributed by atoms with Gasteiger partial charge in [0.25, 0.3) is 0 Å². The average molecular weight is 840 g/mol. The highest BCUT2D eigenvalue weighted by Crippen LogP contribution is 2.44. The summed E-state index contributed by atoms with van der Waals surface area (Å²) in [4.78, 5) is 10.7. The maximum atomic E-state index is 12.1. The summed E-state index contributed by atoms with van der Waals surface area (Å²) in [6, 6.07) is 51.5. The number of furan rings is 1. The van der Waals surface area contributed by atoms with E-state index in [0.29, 0.717) is 23.2 Å². The molecule has 3 aromatic heterocycles. The van der Waals surface area contributed by atoms with Crippen LogP contribution >= 0.6 is 0 Å². The Hall–Kier alpha value is -6.76. The third-order valence-corrected chi connectivity index (χ3v) is 14.4. The molecule has 0 saturated carbocycles. The second-order valence-electron chi connectivity index (χ2n) is 19.1. The van der Waals surface area contributed by atoms with Crippen LogP contribution in [0.1, 0.15) is 38.8 Å². The first-order chi connectivity index (χ1) is 30.4. The minimum atomic E-state index is -1.57. The first-order valence-corrected chi connectivity index (χ1v) is 25.8. The number of rotatable bonds is 10. The molecule has 6 heteroatoms. The van der Waals surface area contributed by atoms with E-state index in [0.717, 1.165) is 95.8 Å². The van der Waals surface area contributed by atoms with Crippen molar-refractivity contribution in [1.82, 2.24) is 14.5 Å². The van der Waals surface area contributed by atoms with Crippen LogP contribution in [0.2, 0.25) is 19.6 Å². The number of hydrogen-bond acceptors (Lipinski definition) is 4. The van der Waals surface area contributed by atoms with Gasteiger partial charge in [-0.15, -0.1) is 0 Å². The zero-order chi connectivity index (χ0) is 43.6. The van der Waals surface area contributed by atoms with E-state index in [2.05, 4.69) is 179 Å². The van der Waals surface area contributed by atoms with Gasteiger partial charge in [0.05, 0.1) is 36.1 Å². The summed E-state index contributed by atoms with van der Waals surface area (Å²) in [5.41, 5.74) is 13.6. The number of aromatic nitrogens is 3. The van der Waals surface area contributed by atoms with E-state index < -0.39 is 8.07 Å². The Morgan fingerprint density at radius 1 is 0.603 bits per heavy atom. The molecule has 312 valence electrons. The van der Waals surface area contributed by atoms with Crippen LogP contribution < -0.4 is 5.19 Å². The average Bonchev–Trinajstić information content (AvgIpc) is 3.84. The zero-order valence-corrected chi connectivity index (χ0v) is 38.2. The van der Waals surface area contributed by atoms with Gasteiger partial charge in [0.1, 0.15) is 22.7 Å². The number of pyridine rings is 1. The van der Waals surface area contributed by atoms with Crippen LogP contribution in [0.5, 0.6) is 5.75 Å². The second-order valence-corrected chi connectivity index (χ2v) is 24.2. The Morgan fingerprint density at radius 2 is 1.32 bits per heavy atom. The van der Waals surface area contributed by atoms with E-state index >= 15 is 0 Å². The predicted octanol–water partition coefficient (Wildman–Crippen LogP) is 14.8. The van der Waals surface area contributed by atoms with Gasteiger partial charge < -0.3 is 9.52 Å². The molecule has 0 amide bonds. The van der Waals surface area contributed by atoms with E-state index in [1.165, 1.54) is 16.3 Å². The topological polar surface area (TPSA) is 64.1 Å². The highest BCUT2D eigenvalue weighted by molar-refractivity contribution is 6.88. The highest BCUT2D eigenvalue weighted by atomic mass is 28.3. The number of para-hydroxylation sites is 1. The summed E-state index contributed by atoms with van der Waals surface area (Å²) in [5.74, 6) is 1.87. The molecule has 3 heterocycles. The summed E-state index contributed by atoms with van der Waals surface area (Å²) in [7, 11) is -1.57. The van der Waals surface area contributed by atoms with Crippen molar-refractivity contribution in [2.75, 3.05) is 0 Å². The van der Waals surface area contributed by atoms with Crippen molar-refractivity contribution in [2.24, 2.45) is 11.8 Å². The maximum Gasteiger partial charge on any atom is 0.149 e. The van der Waals surface area contributed by atoms with Gasteiger partial charge in [0, 0.05) is 33.5 Å². The molecule has 0 bridgehead atoms. The molecule has 0 aliphatic carbocycles. The monoisotopic (exact) mass is 839 g/mol. The van der Waals surface area contributed by atoms with Crippen molar-refractivity contribution in [1.29, 1.82) is 0 Å². The SMILES string of the molecule is CC(C)Cc1ccc(-c2ccc(-c3nc4c(-c5cc(-c6ccc([Si](C)(C)C)cn6)c6oc7ccccc7c6c5)cc(CC(C)C)cc4n3-c3cccc4ccccc34)c(O)c2)cc1. The molecule has 0 saturated heterocycles. The smallest absolute Gasteiger partial charge is 0.149 e. The first-order valence-electron chi connectivity index (χ1n) is 22.3. The number of nitrogens with zero attached hydrogens (tertiary/aromatic N) is 3. The van der Waals surface area contributed by atoms with Crippen molar-refractivity contribution >= 4 is 57.0 Å². The lowest BCUT2D eigenvalue weighted by atomic mass is 9.93. The third kappa shape index (κ3) is 7.52. The van der Waals surface area contributed by atoms with Crippen molar-refractivity contribution in [2.45, 2.75) is 60.2 Å². The molecule has 1 N–H and O–H groups in total. The third-order valence-electron chi connectivity index (χ3n) is 12.3. The van der Waals surface area contributed by atoms with E-state index in [-0.39, 0.29) is 5.75 Å². The normalized spacial score (nSPS) is 12.2. The van der Waals surface area contributed by atoms with Crippen LogP contribution in [0.4, 0.5) is 0 Å². The summed E-state index contributed by atoms with van der Waals surface area (Å²) in [6.07, 6.45) is 3.98. The Morgan fingerprint density at radius 3 is 2.05 bits per heavy atom. The quantitative estimate of drug-likeness (QED) is 0.139. The number of imidazole rings is 1. The lowest BCUT2D eigenvalue weighted by Crippen LogP contribution is -2.37. The second kappa shape index (κ2) is 15.9. The van der Waals surface area contributed by atoms with Gasteiger partial charge in [0.15, 0.2) is 0 Å². The van der Waals surface area contributed by atoms with Gasteiger partial charge in [-0.1, -0.05) is 138 Å². The summed E-state index contributed by atoms with van der Waals surface area (Å²) in [6.45, 7) is 16.1. The first kappa shape index (κ1) is 40.3. The van der Waals surface area contributed by atoms with Crippen molar-refractivity contribution < 1.29 is 9.52 Å². The molecule has 5 nitrogen and oxygen atoms in total. The highest BCUT2D eigenvalue weighted by Gasteiger charge is 2.25. The lowest BCUT2D eigenvalue weighted by Gasteiger charge is -2.16. The molecule has 10 aromatic rings. The molecular weight excluding hydrogens is 787 g/mol. The molecule has 10 rings (SSSR count). The summed E-state index contributed by atoms with van der Waals surface area (Å²) >= 11 is 0. The molecule has 0 aliphatic heterocycles. The molecule has 0 aliphatic rings. The minimum absolute atomic E-state index is 0.181. The van der Waals surface area contributed by atoms with E-state index in [4.69, 9.17) is 14.4 Å². The van der Waals surface area contributed by atoms with E-state index in [9.17, 15) is 5.11 Å². The fourth-order valence-corrected chi connectivity index (χ4v) is 10.3. The lowest BCUT2D eigenvalue weighted by molar-refractivity contribution is 0.477. The number of benzene rings is 7. The summed E-state index contributed by atoms with van der Waals surface area (Å²) < 4.78 is 8.93. The predicted molar refractivity (Wildman–Crippen MR) is 267 cm³/mol. The van der Waals surface area contributed by atoms with Crippen molar-refractivity contribution in [3.8, 4) is 56.3 Å². The number of aromatic hydroxyl groups is 1. The van der Waals surface area contributed by atoms with Gasteiger partial charge in [-0.3, -0.25) is 9.55 Å². The molecule has 0 fully saturated rings. The number of fused-ring (bicyclic) bond motifs is 5. The van der Waals surface area contributed by atoms with Crippen molar-refractivity contribution in [3.63, 3.8) is 0 Å². The largest absolute Gasteiger partial charge is 0.507 e. The molecule has 63 heavy (non-hydrogen) atoms. The Labute approximate surface area is 370 Å². The van der Waals surface area contributed by atoms with Gasteiger partial charge >= 0.3 is 0 Å². The van der Waals surface area contributed by atoms with Gasteiger partial charge in [-0.05, 0) is 118 Å². The summed E-state index contributed by atoms with van der Waals surface area (Å²) in [5, 5.41) is 17.8. The number of phenolic OH excluding ortho intramolecular Hbond substituents is 1. The van der Waals surface area contributed by atoms with Crippen LogP contribution in [0, 0.1) is 11.8 Å². The standard InChI is InChI=1S/C57H53N3O2Si/c1-35(2)27-37-19-21-39(22-20-37)41-23-25-46(53(61)33-41)57-59-55-47(29-38(28-36(3)4)30-52(55)60(57)51-17-12-14-40-13-8-9-15-44(40)51)42-31-48-45-16-10-11-18-54(45)62-56(48)49(32-42)50-26-24-43(34-58-50)63(5,6)7/h8-26,29-36,61H,27-28H2,1-7H3. The van der Waals surface area contributed by atoms with Crippen LogP contribution in [0.3, 0.4) is 0 Å². The molecular formula is C57H53N3O2Si. The molecule has 0 radical (unpaired) electrons. The van der Waals surface area contributed by atoms with E-state index in [1.54, 1.807) is 0 Å².